The Kier molecular flexibility index (Phi) is 3.85. The molecule has 4 heterocycles. The fraction of sp³-hybridized carbons (Fsp3) is 0.111. The number of hydrogen-bond acceptors (Lipinski definition) is 5. The molecule has 4 rings (SSSR count). The molecule has 0 aliphatic carbocycles. The Morgan fingerprint density at radius 1 is 1.28 bits per heavy atom. The summed E-state index contributed by atoms with van der Waals surface area (Å²) < 4.78 is 14.1. The molecule has 25 heavy (non-hydrogen) atoms. The van der Waals surface area contributed by atoms with Crippen molar-refractivity contribution in [2.24, 2.45) is 0 Å². The first-order chi connectivity index (χ1) is 12.1. The van der Waals surface area contributed by atoms with E-state index in [0.29, 0.717) is 27.3 Å². The number of thiophene rings is 1. The SMILES string of the molecule is CC(F)c1cncc(-c2csc3c(=O)[nH]c(-c4ccccn4)nc23)c1. The lowest BCUT2D eigenvalue weighted by Crippen LogP contribution is -2.08. The number of alkyl halides is 1. The molecule has 0 saturated carbocycles. The molecule has 124 valence electrons. The van der Waals surface area contributed by atoms with E-state index in [4.69, 9.17) is 0 Å². The largest absolute Gasteiger partial charge is 0.304 e. The average molecular weight is 352 g/mol. The summed E-state index contributed by atoms with van der Waals surface area (Å²) in [6.07, 6.45) is 3.68. The second kappa shape index (κ2) is 6.18. The molecule has 0 radical (unpaired) electrons. The lowest BCUT2D eigenvalue weighted by molar-refractivity contribution is 0.373. The number of nitrogens with one attached hydrogen (secondary N) is 1. The molecule has 0 fully saturated rings. The molecule has 0 spiro atoms. The number of H-pyrrole nitrogens is 1. The van der Waals surface area contributed by atoms with Crippen molar-refractivity contribution in [1.82, 2.24) is 19.9 Å². The third-order valence-electron chi connectivity index (χ3n) is 3.86. The summed E-state index contributed by atoms with van der Waals surface area (Å²) in [6, 6.07) is 7.15. The molecule has 0 saturated heterocycles. The van der Waals surface area contributed by atoms with E-state index in [2.05, 4.69) is 19.9 Å². The summed E-state index contributed by atoms with van der Waals surface area (Å²) in [4.78, 5) is 28.1. The van der Waals surface area contributed by atoms with E-state index in [-0.39, 0.29) is 5.56 Å². The summed E-state index contributed by atoms with van der Waals surface area (Å²) >= 11 is 1.31. The van der Waals surface area contributed by atoms with Gasteiger partial charge < -0.3 is 4.98 Å². The minimum atomic E-state index is -1.11. The number of aromatic amines is 1. The number of halogens is 1. The quantitative estimate of drug-likeness (QED) is 0.601. The van der Waals surface area contributed by atoms with E-state index in [1.165, 1.54) is 24.5 Å². The Morgan fingerprint density at radius 2 is 2.16 bits per heavy atom. The van der Waals surface area contributed by atoms with Gasteiger partial charge in [0.1, 0.15) is 16.6 Å². The first kappa shape index (κ1) is 15.6. The third kappa shape index (κ3) is 2.83. The van der Waals surface area contributed by atoms with Gasteiger partial charge in [0.2, 0.25) is 0 Å². The second-order valence-electron chi connectivity index (χ2n) is 5.58. The Hall–Kier alpha value is -2.93. The molecule has 4 aromatic rings. The molecular formula is C18H13FN4OS. The van der Waals surface area contributed by atoms with Crippen molar-refractivity contribution in [2.45, 2.75) is 13.1 Å². The Balaban J connectivity index is 1.93. The summed E-state index contributed by atoms with van der Waals surface area (Å²) in [5.41, 5.74) is 2.93. The maximum Gasteiger partial charge on any atom is 0.269 e. The van der Waals surface area contributed by atoms with Gasteiger partial charge in [0, 0.05) is 40.7 Å². The monoisotopic (exact) mass is 352 g/mol. The molecule has 1 unspecified atom stereocenters. The standard InChI is InChI=1S/C18H13FN4OS/c1-10(19)11-6-12(8-20-7-11)13-9-25-16-15(13)22-17(23-18(16)24)14-4-2-3-5-21-14/h2-10H,1H3,(H,22,23,24). The van der Waals surface area contributed by atoms with Crippen LogP contribution in [-0.2, 0) is 0 Å². The van der Waals surface area contributed by atoms with Crippen LogP contribution in [0.4, 0.5) is 4.39 Å². The highest BCUT2D eigenvalue weighted by atomic mass is 32.1. The molecule has 1 N–H and O–H groups in total. The molecule has 1 atom stereocenters. The van der Waals surface area contributed by atoms with Gasteiger partial charge in [0.15, 0.2) is 5.82 Å². The molecule has 5 nitrogen and oxygen atoms in total. The highest BCUT2D eigenvalue weighted by molar-refractivity contribution is 7.17. The maximum atomic E-state index is 13.6. The van der Waals surface area contributed by atoms with Gasteiger partial charge in [0.25, 0.3) is 5.56 Å². The lowest BCUT2D eigenvalue weighted by atomic mass is 10.1. The highest BCUT2D eigenvalue weighted by Crippen LogP contribution is 2.32. The van der Waals surface area contributed by atoms with Gasteiger partial charge in [-0.3, -0.25) is 14.8 Å². The molecule has 4 aromatic heterocycles. The number of nitrogens with zero attached hydrogens (tertiary/aromatic N) is 3. The van der Waals surface area contributed by atoms with Crippen molar-refractivity contribution in [2.75, 3.05) is 0 Å². The fourth-order valence-electron chi connectivity index (χ4n) is 2.58. The number of rotatable bonds is 3. The van der Waals surface area contributed by atoms with Crippen LogP contribution >= 0.6 is 11.3 Å². The van der Waals surface area contributed by atoms with E-state index in [1.807, 2.05) is 11.4 Å². The smallest absolute Gasteiger partial charge is 0.269 e. The van der Waals surface area contributed by atoms with Crippen molar-refractivity contribution in [3.8, 4) is 22.6 Å². The van der Waals surface area contributed by atoms with Crippen molar-refractivity contribution >= 4 is 21.6 Å². The summed E-state index contributed by atoms with van der Waals surface area (Å²) in [5.74, 6) is 0.403. The zero-order valence-corrected chi connectivity index (χ0v) is 14.0. The second-order valence-corrected chi connectivity index (χ2v) is 6.46. The average Bonchev–Trinajstić information content (AvgIpc) is 3.07. The van der Waals surface area contributed by atoms with Crippen LogP contribution in [0.2, 0.25) is 0 Å². The minimum Gasteiger partial charge on any atom is -0.304 e. The van der Waals surface area contributed by atoms with Gasteiger partial charge in [0.05, 0.1) is 5.52 Å². The molecule has 0 aliphatic heterocycles. The predicted molar refractivity (Wildman–Crippen MR) is 96.2 cm³/mol. The van der Waals surface area contributed by atoms with Gasteiger partial charge in [-0.1, -0.05) is 6.07 Å². The predicted octanol–water partition coefficient (Wildman–Crippen LogP) is 4.14. The van der Waals surface area contributed by atoms with Crippen LogP contribution in [0.3, 0.4) is 0 Å². The zero-order chi connectivity index (χ0) is 17.4. The molecule has 0 bridgehead atoms. The molecular weight excluding hydrogens is 339 g/mol. The van der Waals surface area contributed by atoms with Crippen LogP contribution in [0.25, 0.3) is 32.9 Å². The number of aromatic nitrogens is 4. The van der Waals surface area contributed by atoms with Gasteiger partial charge in [-0.2, -0.15) is 0 Å². The number of fused-ring (bicyclic) bond motifs is 1. The van der Waals surface area contributed by atoms with Crippen LogP contribution < -0.4 is 5.56 Å². The number of hydrogen-bond donors (Lipinski definition) is 1. The zero-order valence-electron chi connectivity index (χ0n) is 13.2. The van der Waals surface area contributed by atoms with Crippen molar-refractivity contribution < 1.29 is 4.39 Å². The van der Waals surface area contributed by atoms with Crippen LogP contribution in [0, 0.1) is 0 Å². The van der Waals surface area contributed by atoms with Gasteiger partial charge in [-0.15, -0.1) is 11.3 Å². The van der Waals surface area contributed by atoms with Crippen molar-refractivity contribution in [3.05, 3.63) is 64.2 Å². The number of pyridine rings is 2. The van der Waals surface area contributed by atoms with E-state index in [0.717, 1.165) is 11.1 Å². The van der Waals surface area contributed by atoms with Crippen LogP contribution in [-0.4, -0.2) is 19.9 Å². The summed E-state index contributed by atoms with van der Waals surface area (Å²) in [6.45, 7) is 1.47. The Labute approximate surface area is 146 Å². The van der Waals surface area contributed by atoms with Gasteiger partial charge in [-0.05, 0) is 25.1 Å². The first-order valence-electron chi connectivity index (χ1n) is 7.66. The van der Waals surface area contributed by atoms with Crippen LogP contribution in [0.1, 0.15) is 18.7 Å². The highest BCUT2D eigenvalue weighted by Gasteiger charge is 2.15. The molecule has 0 aromatic carbocycles. The maximum absolute atomic E-state index is 13.6. The van der Waals surface area contributed by atoms with E-state index < -0.39 is 6.17 Å². The Bertz CT molecular complexity index is 1100. The topological polar surface area (TPSA) is 71.5 Å². The lowest BCUT2D eigenvalue weighted by Gasteiger charge is -2.05. The van der Waals surface area contributed by atoms with Gasteiger partial charge >= 0.3 is 0 Å². The molecule has 0 aliphatic rings. The van der Waals surface area contributed by atoms with Crippen LogP contribution in [0.5, 0.6) is 0 Å². The van der Waals surface area contributed by atoms with E-state index >= 15 is 0 Å². The third-order valence-corrected chi connectivity index (χ3v) is 4.83. The normalized spacial score (nSPS) is 12.4. The van der Waals surface area contributed by atoms with E-state index in [9.17, 15) is 9.18 Å². The van der Waals surface area contributed by atoms with Crippen molar-refractivity contribution in [1.29, 1.82) is 0 Å². The van der Waals surface area contributed by atoms with Gasteiger partial charge in [-0.25, -0.2) is 9.37 Å². The molecule has 0 amide bonds. The van der Waals surface area contributed by atoms with Crippen molar-refractivity contribution in [3.63, 3.8) is 0 Å². The van der Waals surface area contributed by atoms with E-state index in [1.54, 1.807) is 30.6 Å². The Morgan fingerprint density at radius 3 is 2.92 bits per heavy atom. The van der Waals surface area contributed by atoms with Crippen LogP contribution in [0.15, 0.2) is 53.0 Å². The fourth-order valence-corrected chi connectivity index (χ4v) is 3.49. The minimum absolute atomic E-state index is 0.218. The summed E-state index contributed by atoms with van der Waals surface area (Å²) in [5, 5.41) is 1.85. The molecule has 7 heteroatoms. The summed E-state index contributed by atoms with van der Waals surface area (Å²) in [7, 11) is 0. The first-order valence-corrected chi connectivity index (χ1v) is 8.54.